The fourth-order valence-electron chi connectivity index (χ4n) is 3.06. The molecule has 2 atom stereocenters. The number of hydrogen-bond donors (Lipinski definition) is 2. The Labute approximate surface area is 108 Å². The zero-order valence-corrected chi connectivity index (χ0v) is 10.9. The van der Waals surface area contributed by atoms with Crippen LogP contribution in [0.15, 0.2) is 0 Å². The van der Waals surface area contributed by atoms with Crippen molar-refractivity contribution in [3.63, 3.8) is 0 Å². The number of rotatable bonds is 4. The van der Waals surface area contributed by atoms with Gasteiger partial charge in [-0.2, -0.15) is 0 Å². The molecule has 102 valence electrons. The van der Waals surface area contributed by atoms with E-state index in [-0.39, 0.29) is 17.7 Å². The Bertz CT molecular complexity index is 326. The van der Waals surface area contributed by atoms with Crippen LogP contribution in [0.2, 0.25) is 0 Å². The summed E-state index contributed by atoms with van der Waals surface area (Å²) in [5.41, 5.74) is 0. The molecule has 0 radical (unpaired) electrons. The lowest BCUT2D eigenvalue weighted by molar-refractivity contribution is -0.142. The Hall–Kier alpha value is -1.10. The van der Waals surface area contributed by atoms with Crippen LogP contribution in [0.4, 0.5) is 0 Å². The van der Waals surface area contributed by atoms with E-state index in [4.69, 9.17) is 5.11 Å². The van der Waals surface area contributed by atoms with E-state index in [1.807, 2.05) is 11.8 Å². The molecule has 5 heteroatoms. The number of nitrogens with zero attached hydrogens (tertiary/aromatic N) is 1. The average Bonchev–Trinajstić information content (AvgIpc) is 2.88. The van der Waals surface area contributed by atoms with Crippen molar-refractivity contribution in [3.05, 3.63) is 0 Å². The van der Waals surface area contributed by atoms with Gasteiger partial charge in [-0.05, 0) is 18.8 Å². The molecule has 2 aliphatic rings. The molecular weight excluding hydrogens is 232 g/mol. The summed E-state index contributed by atoms with van der Waals surface area (Å²) >= 11 is 0. The second-order valence-electron chi connectivity index (χ2n) is 5.66. The molecule has 2 unspecified atom stereocenters. The molecule has 2 rings (SSSR count). The second kappa shape index (κ2) is 5.69. The lowest BCUT2D eigenvalue weighted by Crippen LogP contribution is -2.40. The summed E-state index contributed by atoms with van der Waals surface area (Å²) in [5, 5.41) is 12.1. The second-order valence-corrected chi connectivity index (χ2v) is 5.66. The Morgan fingerprint density at radius 1 is 1.28 bits per heavy atom. The van der Waals surface area contributed by atoms with Crippen LogP contribution in [-0.4, -0.2) is 47.6 Å². The van der Waals surface area contributed by atoms with Gasteiger partial charge in [0.15, 0.2) is 0 Å². The third-order valence-electron chi connectivity index (χ3n) is 4.09. The van der Waals surface area contributed by atoms with Gasteiger partial charge < -0.3 is 10.4 Å². The van der Waals surface area contributed by atoms with Gasteiger partial charge in [0.25, 0.3) is 0 Å². The molecule has 0 aromatic carbocycles. The summed E-state index contributed by atoms with van der Waals surface area (Å²) < 4.78 is 0. The summed E-state index contributed by atoms with van der Waals surface area (Å²) in [6, 6.07) is 0.341. The first-order valence-electron chi connectivity index (χ1n) is 6.81. The highest BCUT2D eigenvalue weighted by molar-refractivity contribution is 5.78. The van der Waals surface area contributed by atoms with Gasteiger partial charge in [0.05, 0.1) is 12.5 Å². The number of carboxylic acids is 1. The van der Waals surface area contributed by atoms with Crippen LogP contribution in [0.3, 0.4) is 0 Å². The summed E-state index contributed by atoms with van der Waals surface area (Å²) in [7, 11) is 0. The molecule has 1 amide bonds. The van der Waals surface area contributed by atoms with E-state index in [0.29, 0.717) is 25.7 Å². The van der Waals surface area contributed by atoms with Crippen LogP contribution in [0, 0.1) is 11.8 Å². The van der Waals surface area contributed by atoms with Crippen molar-refractivity contribution in [2.24, 2.45) is 11.8 Å². The number of nitrogens with one attached hydrogen (secondary N) is 1. The van der Waals surface area contributed by atoms with E-state index in [0.717, 1.165) is 12.8 Å². The van der Waals surface area contributed by atoms with Crippen LogP contribution in [-0.2, 0) is 9.59 Å². The van der Waals surface area contributed by atoms with E-state index >= 15 is 0 Å². The topological polar surface area (TPSA) is 69.6 Å². The summed E-state index contributed by atoms with van der Waals surface area (Å²) in [4.78, 5) is 24.8. The lowest BCUT2D eigenvalue weighted by Gasteiger charge is -2.17. The predicted octanol–water partition coefficient (Wildman–Crippen LogP) is 0.698. The fourth-order valence-corrected chi connectivity index (χ4v) is 3.06. The average molecular weight is 254 g/mol. The Morgan fingerprint density at radius 3 is 2.50 bits per heavy atom. The molecule has 2 N–H and O–H groups in total. The van der Waals surface area contributed by atoms with E-state index in [1.165, 1.54) is 12.8 Å². The van der Waals surface area contributed by atoms with Crippen molar-refractivity contribution in [1.82, 2.24) is 10.2 Å². The number of amides is 1. The molecule has 1 saturated carbocycles. The quantitative estimate of drug-likeness (QED) is 0.774. The number of likely N-dealkylation sites (tertiary alicyclic amines) is 1. The van der Waals surface area contributed by atoms with Crippen molar-refractivity contribution < 1.29 is 14.7 Å². The van der Waals surface area contributed by atoms with Crippen LogP contribution >= 0.6 is 0 Å². The van der Waals surface area contributed by atoms with Gasteiger partial charge in [-0.3, -0.25) is 14.5 Å². The summed E-state index contributed by atoms with van der Waals surface area (Å²) in [6.07, 6.45) is 4.57. The van der Waals surface area contributed by atoms with Crippen molar-refractivity contribution in [1.29, 1.82) is 0 Å². The van der Waals surface area contributed by atoms with Crippen molar-refractivity contribution >= 4 is 11.9 Å². The van der Waals surface area contributed by atoms with Crippen LogP contribution in [0.25, 0.3) is 0 Å². The minimum Gasteiger partial charge on any atom is -0.481 e. The number of hydrogen-bond acceptors (Lipinski definition) is 3. The van der Waals surface area contributed by atoms with Crippen LogP contribution < -0.4 is 5.32 Å². The Balaban J connectivity index is 1.76. The first-order valence-corrected chi connectivity index (χ1v) is 6.81. The molecule has 0 aromatic rings. The zero-order chi connectivity index (χ0) is 13.1. The lowest BCUT2D eigenvalue weighted by atomic mass is 9.99. The van der Waals surface area contributed by atoms with Crippen LogP contribution in [0.1, 0.15) is 32.6 Å². The highest BCUT2D eigenvalue weighted by Gasteiger charge is 2.35. The molecule has 1 aliphatic heterocycles. The first kappa shape index (κ1) is 13.3. The van der Waals surface area contributed by atoms with Gasteiger partial charge in [-0.25, -0.2) is 0 Å². The number of aliphatic carboxylic acids is 1. The first-order chi connectivity index (χ1) is 8.56. The normalized spacial score (nSPS) is 29.6. The van der Waals surface area contributed by atoms with Gasteiger partial charge in [0.2, 0.25) is 5.91 Å². The highest BCUT2D eigenvalue weighted by atomic mass is 16.4. The van der Waals surface area contributed by atoms with Gasteiger partial charge in [-0.15, -0.1) is 0 Å². The minimum atomic E-state index is -0.749. The van der Waals surface area contributed by atoms with E-state index < -0.39 is 5.97 Å². The summed E-state index contributed by atoms with van der Waals surface area (Å²) in [6.45, 7) is 3.47. The molecule has 1 heterocycles. The largest absolute Gasteiger partial charge is 0.481 e. The third kappa shape index (κ3) is 3.22. The minimum absolute atomic E-state index is 0.0418. The molecule has 0 aromatic heterocycles. The molecule has 18 heavy (non-hydrogen) atoms. The maximum Gasteiger partial charge on any atom is 0.308 e. The molecule has 2 fully saturated rings. The maximum atomic E-state index is 11.8. The van der Waals surface area contributed by atoms with Crippen molar-refractivity contribution in [2.45, 2.75) is 38.6 Å². The molecule has 5 nitrogen and oxygen atoms in total. The predicted molar refractivity (Wildman–Crippen MR) is 67.1 cm³/mol. The smallest absolute Gasteiger partial charge is 0.308 e. The van der Waals surface area contributed by atoms with Crippen molar-refractivity contribution in [3.8, 4) is 0 Å². The third-order valence-corrected chi connectivity index (χ3v) is 4.09. The molecule has 0 spiro atoms. The molecular formula is C13H22N2O3. The van der Waals surface area contributed by atoms with E-state index in [1.54, 1.807) is 0 Å². The zero-order valence-electron chi connectivity index (χ0n) is 10.9. The maximum absolute atomic E-state index is 11.8. The fraction of sp³-hybridized carbons (Fsp3) is 0.846. The SMILES string of the molecule is CC1CN(CC(=O)NC2CCCC2)CC1C(=O)O. The Morgan fingerprint density at radius 2 is 1.94 bits per heavy atom. The standard InChI is InChI=1S/C13H22N2O3/c1-9-6-15(7-11(9)13(17)18)8-12(16)14-10-4-2-3-5-10/h9-11H,2-8H2,1H3,(H,14,16)(H,17,18). The summed E-state index contributed by atoms with van der Waals surface area (Å²) in [5.74, 6) is -0.910. The molecule has 1 aliphatic carbocycles. The van der Waals surface area contributed by atoms with Crippen LogP contribution in [0.5, 0.6) is 0 Å². The Kier molecular flexibility index (Phi) is 4.22. The van der Waals surface area contributed by atoms with Gasteiger partial charge >= 0.3 is 5.97 Å². The molecule has 0 bridgehead atoms. The number of carbonyl (C=O) groups is 2. The molecule has 1 saturated heterocycles. The van der Waals surface area contributed by atoms with Gasteiger partial charge in [0, 0.05) is 19.1 Å². The monoisotopic (exact) mass is 254 g/mol. The highest BCUT2D eigenvalue weighted by Crippen LogP contribution is 2.23. The van der Waals surface area contributed by atoms with Crippen molar-refractivity contribution in [2.75, 3.05) is 19.6 Å². The van der Waals surface area contributed by atoms with E-state index in [2.05, 4.69) is 5.32 Å². The van der Waals surface area contributed by atoms with E-state index in [9.17, 15) is 9.59 Å². The number of carbonyl (C=O) groups excluding carboxylic acids is 1. The van der Waals surface area contributed by atoms with Gasteiger partial charge in [-0.1, -0.05) is 19.8 Å². The number of carboxylic acid groups (broad SMARTS) is 1. The van der Waals surface area contributed by atoms with Gasteiger partial charge in [0.1, 0.15) is 0 Å².